The van der Waals surface area contributed by atoms with Crippen LogP contribution < -0.4 is 4.94 Å². The Bertz CT molecular complexity index is 893. The number of Topliss-reactive ketones (excluding diaryl/α,β-unsaturated/α-hetero) is 1. The molecule has 0 radical (unpaired) electrons. The smallest absolute Gasteiger partial charge is 0.396 e. The summed E-state index contributed by atoms with van der Waals surface area (Å²) in [4.78, 5) is 24.5. The van der Waals surface area contributed by atoms with Gasteiger partial charge in [0.15, 0.2) is 5.78 Å². The van der Waals surface area contributed by atoms with Crippen LogP contribution in [0.5, 0.6) is 0 Å². The molecule has 0 spiro atoms. The summed E-state index contributed by atoms with van der Waals surface area (Å²) in [5.74, 6) is 0.0836. The molecule has 3 aromatic rings. The van der Waals surface area contributed by atoms with Gasteiger partial charge >= 0.3 is 4.94 Å². The molecule has 0 amide bonds. The van der Waals surface area contributed by atoms with Gasteiger partial charge in [-0.05, 0) is 17.7 Å². The van der Waals surface area contributed by atoms with Crippen molar-refractivity contribution in [1.82, 2.24) is 0 Å². The van der Waals surface area contributed by atoms with Crippen LogP contribution >= 0.6 is 23.1 Å². The number of benzene rings is 2. The third kappa shape index (κ3) is 2.13. The molecule has 0 N–H and O–H groups in total. The van der Waals surface area contributed by atoms with E-state index in [-0.39, 0.29) is 16.0 Å². The standard InChI is InChI=1S/C16H10O3S2/c17-10-8-13(9-4-2-1-3-5-9)20-12-7-6-11-15(14(10)12)21-16(18)19-11/h1-7,13H,8H2. The van der Waals surface area contributed by atoms with E-state index in [9.17, 15) is 9.59 Å². The second kappa shape index (κ2) is 4.86. The van der Waals surface area contributed by atoms with E-state index in [4.69, 9.17) is 4.42 Å². The highest BCUT2D eigenvalue weighted by atomic mass is 32.2. The number of thioether (sulfide) groups is 1. The van der Waals surface area contributed by atoms with Crippen LogP contribution in [0.25, 0.3) is 10.3 Å². The van der Waals surface area contributed by atoms with Crippen LogP contribution in [0.3, 0.4) is 0 Å². The fourth-order valence-electron chi connectivity index (χ4n) is 2.60. The molecule has 2 heterocycles. The molecule has 21 heavy (non-hydrogen) atoms. The van der Waals surface area contributed by atoms with Crippen molar-refractivity contribution in [3.63, 3.8) is 0 Å². The van der Waals surface area contributed by atoms with Crippen molar-refractivity contribution >= 4 is 39.2 Å². The predicted octanol–water partition coefficient (Wildman–Crippen LogP) is 4.27. The first-order valence-corrected chi connectivity index (χ1v) is 8.23. The highest BCUT2D eigenvalue weighted by Gasteiger charge is 2.29. The van der Waals surface area contributed by atoms with Crippen LogP contribution in [0.1, 0.15) is 27.6 Å². The largest absolute Gasteiger partial charge is 0.414 e. The van der Waals surface area contributed by atoms with Gasteiger partial charge in [-0.1, -0.05) is 41.7 Å². The summed E-state index contributed by atoms with van der Waals surface area (Å²) in [5.41, 5.74) is 2.32. The van der Waals surface area contributed by atoms with Crippen molar-refractivity contribution < 1.29 is 9.21 Å². The molecular weight excluding hydrogens is 304 g/mol. The van der Waals surface area contributed by atoms with Crippen LogP contribution in [0.15, 0.2) is 56.6 Å². The SMILES string of the molecule is O=C1CC(c2ccccc2)Sc2ccc3oc(=O)sc3c21. The summed E-state index contributed by atoms with van der Waals surface area (Å²) >= 11 is 2.69. The summed E-state index contributed by atoms with van der Waals surface area (Å²) in [5, 5.41) is 0.132. The normalized spacial score (nSPS) is 17.9. The third-order valence-corrected chi connectivity index (χ3v) is 5.73. The fraction of sp³-hybridized carbons (Fsp3) is 0.125. The number of ketones is 1. The van der Waals surface area contributed by atoms with E-state index in [2.05, 4.69) is 0 Å². The summed E-state index contributed by atoms with van der Waals surface area (Å²) in [6.07, 6.45) is 0.451. The minimum Gasteiger partial charge on any atom is -0.414 e. The maximum atomic E-state index is 12.5. The van der Waals surface area contributed by atoms with Crippen LogP contribution in [0, 0.1) is 0 Å². The van der Waals surface area contributed by atoms with Gasteiger partial charge < -0.3 is 4.42 Å². The Morgan fingerprint density at radius 1 is 1.05 bits per heavy atom. The van der Waals surface area contributed by atoms with Gasteiger partial charge in [-0.2, -0.15) is 0 Å². The molecule has 104 valence electrons. The molecule has 4 rings (SSSR count). The molecule has 0 bridgehead atoms. The maximum Gasteiger partial charge on any atom is 0.396 e. The molecule has 1 unspecified atom stereocenters. The monoisotopic (exact) mass is 314 g/mol. The first-order valence-electron chi connectivity index (χ1n) is 6.54. The van der Waals surface area contributed by atoms with E-state index in [1.54, 1.807) is 17.8 Å². The molecule has 1 aromatic heterocycles. The number of carbonyl (C=O) groups is 1. The number of carbonyl (C=O) groups excluding carboxylic acids is 1. The second-order valence-electron chi connectivity index (χ2n) is 4.86. The van der Waals surface area contributed by atoms with E-state index in [1.807, 2.05) is 36.4 Å². The first kappa shape index (κ1) is 12.9. The lowest BCUT2D eigenvalue weighted by Crippen LogP contribution is -2.12. The molecule has 0 aliphatic carbocycles. The molecule has 5 heteroatoms. The zero-order chi connectivity index (χ0) is 14.4. The quantitative estimate of drug-likeness (QED) is 0.673. The van der Waals surface area contributed by atoms with E-state index >= 15 is 0 Å². The first-order chi connectivity index (χ1) is 10.2. The zero-order valence-electron chi connectivity index (χ0n) is 10.9. The summed E-state index contributed by atoms with van der Waals surface area (Å²) in [6.45, 7) is 0. The average Bonchev–Trinajstić information content (AvgIpc) is 2.88. The molecule has 2 aromatic carbocycles. The second-order valence-corrected chi connectivity index (χ2v) is 7.05. The van der Waals surface area contributed by atoms with Crippen molar-refractivity contribution in [3.05, 3.63) is 63.3 Å². The lowest BCUT2D eigenvalue weighted by molar-refractivity contribution is 0.0978. The Morgan fingerprint density at radius 3 is 2.67 bits per heavy atom. The minimum atomic E-state index is -0.360. The van der Waals surface area contributed by atoms with E-state index in [0.717, 1.165) is 21.8 Å². The Hall–Kier alpha value is -1.85. The Kier molecular flexibility index (Phi) is 2.97. The lowest BCUT2D eigenvalue weighted by Gasteiger charge is -2.23. The minimum absolute atomic E-state index is 0.0836. The molecule has 0 saturated carbocycles. The van der Waals surface area contributed by atoms with Crippen molar-refractivity contribution in [3.8, 4) is 0 Å². The van der Waals surface area contributed by atoms with Crippen LogP contribution in [-0.4, -0.2) is 5.78 Å². The van der Waals surface area contributed by atoms with Gasteiger partial charge in [0, 0.05) is 16.6 Å². The highest BCUT2D eigenvalue weighted by Crippen LogP contribution is 2.46. The molecule has 1 aliphatic rings. The highest BCUT2D eigenvalue weighted by molar-refractivity contribution is 7.99. The fourth-order valence-corrected chi connectivity index (χ4v) is 4.82. The summed E-state index contributed by atoms with van der Waals surface area (Å²) in [6, 6.07) is 13.7. The summed E-state index contributed by atoms with van der Waals surface area (Å²) in [7, 11) is 0. The van der Waals surface area contributed by atoms with Gasteiger partial charge in [-0.3, -0.25) is 4.79 Å². The van der Waals surface area contributed by atoms with E-state index in [1.165, 1.54) is 0 Å². The average molecular weight is 314 g/mol. The zero-order valence-corrected chi connectivity index (χ0v) is 12.5. The number of rotatable bonds is 1. The van der Waals surface area contributed by atoms with Gasteiger partial charge in [-0.15, -0.1) is 11.8 Å². The van der Waals surface area contributed by atoms with Crippen LogP contribution in [-0.2, 0) is 0 Å². The predicted molar refractivity (Wildman–Crippen MR) is 84.3 cm³/mol. The lowest BCUT2D eigenvalue weighted by atomic mass is 10.0. The molecular formula is C16H10O3S2. The van der Waals surface area contributed by atoms with Gasteiger partial charge in [0.1, 0.15) is 5.58 Å². The molecule has 1 aliphatic heterocycles. The Morgan fingerprint density at radius 2 is 1.86 bits per heavy atom. The van der Waals surface area contributed by atoms with E-state index in [0.29, 0.717) is 22.3 Å². The molecule has 0 fully saturated rings. The van der Waals surface area contributed by atoms with Crippen LogP contribution in [0.2, 0.25) is 0 Å². The van der Waals surface area contributed by atoms with E-state index < -0.39 is 0 Å². The third-order valence-electron chi connectivity index (χ3n) is 3.55. The number of fused-ring (bicyclic) bond motifs is 3. The Balaban J connectivity index is 1.84. The molecule has 1 atom stereocenters. The Labute approximate surface area is 128 Å². The van der Waals surface area contributed by atoms with Crippen molar-refractivity contribution in [2.75, 3.05) is 0 Å². The van der Waals surface area contributed by atoms with Gasteiger partial charge in [0.05, 0.1) is 10.3 Å². The van der Waals surface area contributed by atoms with Crippen molar-refractivity contribution in [1.29, 1.82) is 0 Å². The number of hydrogen-bond acceptors (Lipinski definition) is 5. The summed E-state index contributed by atoms with van der Waals surface area (Å²) < 4.78 is 5.78. The van der Waals surface area contributed by atoms with Gasteiger partial charge in [0.2, 0.25) is 0 Å². The van der Waals surface area contributed by atoms with Gasteiger partial charge in [-0.25, -0.2) is 4.79 Å². The van der Waals surface area contributed by atoms with Crippen LogP contribution in [0.4, 0.5) is 0 Å². The topological polar surface area (TPSA) is 47.3 Å². The molecule has 3 nitrogen and oxygen atoms in total. The number of hydrogen-bond donors (Lipinski definition) is 0. The maximum absolute atomic E-state index is 12.5. The molecule has 0 saturated heterocycles. The van der Waals surface area contributed by atoms with Crippen molar-refractivity contribution in [2.45, 2.75) is 16.6 Å². The van der Waals surface area contributed by atoms with Gasteiger partial charge in [0.25, 0.3) is 0 Å². The van der Waals surface area contributed by atoms with Crippen molar-refractivity contribution in [2.24, 2.45) is 0 Å².